The second kappa shape index (κ2) is 11.9. The van der Waals surface area contributed by atoms with Crippen LogP contribution in [0.4, 0.5) is 11.4 Å². The normalized spacial score (nSPS) is 17.9. The van der Waals surface area contributed by atoms with Crippen LogP contribution in [-0.2, 0) is 14.4 Å². The molecule has 0 spiro atoms. The summed E-state index contributed by atoms with van der Waals surface area (Å²) in [7, 11) is 0. The lowest BCUT2D eigenvalue weighted by atomic mass is 9.82. The van der Waals surface area contributed by atoms with Crippen LogP contribution < -0.4 is 10.6 Å². The predicted molar refractivity (Wildman–Crippen MR) is 135 cm³/mol. The topological polar surface area (TPSA) is 133 Å². The standard InChI is InChI=1S/C25H25ClN2O6S/c1-2-21(23(30)28-15-10-11-20(26)19(13-15)25(33)34)35-16-7-5-6-14(12-16)27-22(29)17-8-3-4-9-18(17)24(31)32/h3-7,10-13,17-18,21H,2,8-9H2,1H3,(H,27,29)(H,28,30)(H,31,32)(H,33,34). The van der Waals surface area contributed by atoms with E-state index in [9.17, 15) is 29.4 Å². The molecule has 2 amide bonds. The molecule has 0 saturated heterocycles. The quantitative estimate of drug-likeness (QED) is 0.267. The van der Waals surface area contributed by atoms with Gasteiger partial charge < -0.3 is 20.8 Å². The Morgan fingerprint density at radius 2 is 1.69 bits per heavy atom. The van der Waals surface area contributed by atoms with Gasteiger partial charge in [0.15, 0.2) is 0 Å². The SMILES string of the molecule is CCC(Sc1cccc(NC(=O)C2CC=CCC2C(=O)O)c1)C(=O)Nc1ccc(Cl)c(C(=O)O)c1. The van der Waals surface area contributed by atoms with Crippen molar-refractivity contribution in [1.82, 2.24) is 0 Å². The average Bonchev–Trinajstić information content (AvgIpc) is 2.83. The molecule has 0 aliphatic heterocycles. The van der Waals surface area contributed by atoms with Gasteiger partial charge in [0.05, 0.1) is 27.7 Å². The molecule has 3 rings (SSSR count). The number of carbonyl (C=O) groups excluding carboxylic acids is 2. The van der Waals surface area contributed by atoms with Crippen molar-refractivity contribution in [3.8, 4) is 0 Å². The molecular weight excluding hydrogens is 492 g/mol. The minimum atomic E-state index is -1.19. The van der Waals surface area contributed by atoms with Crippen LogP contribution >= 0.6 is 23.4 Å². The first-order chi connectivity index (χ1) is 16.7. The maximum atomic E-state index is 12.8. The van der Waals surface area contributed by atoms with Gasteiger partial charge in [-0.15, -0.1) is 11.8 Å². The Morgan fingerprint density at radius 3 is 2.34 bits per heavy atom. The van der Waals surface area contributed by atoms with Crippen molar-refractivity contribution in [2.24, 2.45) is 11.8 Å². The van der Waals surface area contributed by atoms with E-state index in [1.807, 2.05) is 19.1 Å². The Morgan fingerprint density at radius 1 is 1.00 bits per heavy atom. The van der Waals surface area contributed by atoms with Crippen molar-refractivity contribution in [3.63, 3.8) is 0 Å². The van der Waals surface area contributed by atoms with Crippen molar-refractivity contribution in [2.75, 3.05) is 10.6 Å². The fraction of sp³-hybridized carbons (Fsp3) is 0.280. The molecule has 0 radical (unpaired) electrons. The van der Waals surface area contributed by atoms with E-state index in [0.29, 0.717) is 30.6 Å². The first-order valence-electron chi connectivity index (χ1n) is 11.0. The minimum absolute atomic E-state index is 0.0784. The summed E-state index contributed by atoms with van der Waals surface area (Å²) >= 11 is 7.19. The summed E-state index contributed by atoms with van der Waals surface area (Å²) in [5.74, 6) is -4.26. The van der Waals surface area contributed by atoms with Crippen molar-refractivity contribution >= 4 is 58.5 Å². The molecule has 4 N–H and O–H groups in total. The smallest absolute Gasteiger partial charge is 0.337 e. The summed E-state index contributed by atoms with van der Waals surface area (Å²) in [4.78, 5) is 49.1. The third-order valence-corrected chi connectivity index (χ3v) is 7.28. The molecule has 184 valence electrons. The first kappa shape index (κ1) is 26.3. The Kier molecular flexibility index (Phi) is 8.95. The Bertz CT molecular complexity index is 1170. The highest BCUT2D eigenvalue weighted by molar-refractivity contribution is 8.00. The number of nitrogens with one attached hydrogen (secondary N) is 2. The van der Waals surface area contributed by atoms with Crippen LogP contribution in [0.2, 0.25) is 5.02 Å². The summed E-state index contributed by atoms with van der Waals surface area (Å²) in [6.07, 6.45) is 4.78. The van der Waals surface area contributed by atoms with Gasteiger partial charge in [-0.2, -0.15) is 0 Å². The van der Waals surface area contributed by atoms with Gasteiger partial charge in [-0.05, 0) is 55.7 Å². The van der Waals surface area contributed by atoms with Gasteiger partial charge >= 0.3 is 11.9 Å². The van der Waals surface area contributed by atoms with Gasteiger partial charge in [-0.1, -0.05) is 36.7 Å². The van der Waals surface area contributed by atoms with Crippen molar-refractivity contribution < 1.29 is 29.4 Å². The van der Waals surface area contributed by atoms with Crippen molar-refractivity contribution in [2.45, 2.75) is 36.3 Å². The van der Waals surface area contributed by atoms with Crippen LogP contribution in [0.15, 0.2) is 59.5 Å². The van der Waals surface area contributed by atoms with Crippen molar-refractivity contribution in [3.05, 3.63) is 65.2 Å². The van der Waals surface area contributed by atoms with Gasteiger partial charge in [-0.25, -0.2) is 4.79 Å². The molecule has 2 aromatic rings. The zero-order valence-corrected chi connectivity index (χ0v) is 20.4. The van der Waals surface area contributed by atoms with Gasteiger partial charge in [0.2, 0.25) is 11.8 Å². The lowest BCUT2D eigenvalue weighted by Gasteiger charge is -2.24. The summed E-state index contributed by atoms with van der Waals surface area (Å²) < 4.78 is 0. The number of aromatic carboxylic acids is 1. The zero-order chi connectivity index (χ0) is 25.5. The van der Waals surface area contributed by atoms with E-state index in [0.717, 1.165) is 4.90 Å². The molecule has 1 aliphatic rings. The van der Waals surface area contributed by atoms with Gasteiger partial charge in [0.25, 0.3) is 0 Å². The molecular formula is C25H25ClN2O6S. The van der Waals surface area contributed by atoms with E-state index in [2.05, 4.69) is 10.6 Å². The highest BCUT2D eigenvalue weighted by Crippen LogP contribution is 2.31. The van der Waals surface area contributed by atoms with E-state index in [4.69, 9.17) is 11.6 Å². The molecule has 2 aromatic carbocycles. The van der Waals surface area contributed by atoms with E-state index in [1.54, 1.807) is 24.3 Å². The fourth-order valence-corrected chi connectivity index (χ4v) is 4.95. The highest BCUT2D eigenvalue weighted by atomic mass is 35.5. The number of allylic oxidation sites excluding steroid dienone is 2. The number of carbonyl (C=O) groups is 4. The number of hydrogen-bond donors (Lipinski definition) is 4. The number of amides is 2. The monoisotopic (exact) mass is 516 g/mol. The molecule has 35 heavy (non-hydrogen) atoms. The number of halogens is 1. The molecule has 0 fully saturated rings. The van der Waals surface area contributed by atoms with Crippen LogP contribution in [0.5, 0.6) is 0 Å². The Labute approximate surface area is 211 Å². The van der Waals surface area contributed by atoms with Crippen LogP contribution in [0, 0.1) is 11.8 Å². The lowest BCUT2D eigenvalue weighted by molar-refractivity contribution is -0.146. The molecule has 3 atom stereocenters. The number of carboxylic acid groups (broad SMARTS) is 2. The Hall–Kier alpha value is -3.30. The number of aliphatic carboxylic acids is 1. The largest absolute Gasteiger partial charge is 0.481 e. The summed E-state index contributed by atoms with van der Waals surface area (Å²) in [6, 6.07) is 11.3. The number of anilines is 2. The number of thioether (sulfide) groups is 1. The van der Waals surface area contributed by atoms with E-state index in [1.165, 1.54) is 30.0 Å². The molecule has 3 unspecified atom stereocenters. The third-order valence-electron chi connectivity index (χ3n) is 5.59. The van der Waals surface area contributed by atoms with E-state index < -0.39 is 29.0 Å². The second-order valence-electron chi connectivity index (χ2n) is 8.01. The number of rotatable bonds is 9. The molecule has 10 heteroatoms. The van der Waals surface area contributed by atoms with Gasteiger partial charge in [0, 0.05) is 16.3 Å². The minimum Gasteiger partial charge on any atom is -0.481 e. The van der Waals surface area contributed by atoms with Gasteiger partial charge in [0.1, 0.15) is 0 Å². The summed E-state index contributed by atoms with van der Waals surface area (Å²) in [5, 5.41) is 23.8. The number of hydrogen-bond acceptors (Lipinski definition) is 5. The maximum absolute atomic E-state index is 12.8. The second-order valence-corrected chi connectivity index (χ2v) is 9.70. The first-order valence-corrected chi connectivity index (χ1v) is 12.2. The molecule has 0 aromatic heterocycles. The molecule has 0 heterocycles. The lowest BCUT2D eigenvalue weighted by Crippen LogP contribution is -2.34. The summed E-state index contributed by atoms with van der Waals surface area (Å²) in [5.41, 5.74) is 0.733. The van der Waals surface area contributed by atoms with E-state index in [-0.39, 0.29) is 22.4 Å². The zero-order valence-electron chi connectivity index (χ0n) is 18.9. The molecule has 0 bridgehead atoms. The average molecular weight is 517 g/mol. The maximum Gasteiger partial charge on any atom is 0.337 e. The summed E-state index contributed by atoms with van der Waals surface area (Å²) in [6.45, 7) is 1.86. The van der Waals surface area contributed by atoms with Crippen LogP contribution in [0.1, 0.15) is 36.5 Å². The van der Waals surface area contributed by atoms with E-state index >= 15 is 0 Å². The van der Waals surface area contributed by atoms with Gasteiger partial charge in [-0.3, -0.25) is 14.4 Å². The number of benzene rings is 2. The molecule has 0 saturated carbocycles. The molecule has 1 aliphatic carbocycles. The third kappa shape index (κ3) is 6.86. The van der Waals surface area contributed by atoms with Crippen LogP contribution in [-0.4, -0.2) is 39.2 Å². The predicted octanol–water partition coefficient (Wildman–Crippen LogP) is 5.15. The van der Waals surface area contributed by atoms with Crippen LogP contribution in [0.25, 0.3) is 0 Å². The fourth-order valence-electron chi connectivity index (χ4n) is 3.74. The van der Waals surface area contributed by atoms with Crippen LogP contribution in [0.3, 0.4) is 0 Å². The number of carboxylic acids is 2. The van der Waals surface area contributed by atoms with Crippen molar-refractivity contribution in [1.29, 1.82) is 0 Å². The Balaban J connectivity index is 1.67. The highest BCUT2D eigenvalue weighted by Gasteiger charge is 2.34. The molecule has 8 nitrogen and oxygen atoms in total.